The Labute approximate surface area is 76.1 Å². The van der Waals surface area contributed by atoms with Crippen LogP contribution in [0.15, 0.2) is 0 Å². The van der Waals surface area contributed by atoms with Crippen LogP contribution in [0, 0.1) is 0 Å². The van der Waals surface area contributed by atoms with E-state index in [2.05, 4.69) is 30.0 Å². The van der Waals surface area contributed by atoms with E-state index in [4.69, 9.17) is 14.0 Å². The maximum atomic E-state index is 9.01. The van der Waals surface area contributed by atoms with Crippen LogP contribution in [0.4, 0.5) is 0 Å². The molecule has 0 saturated carbocycles. The number of hydrogen-bond donors (Lipinski definition) is 3. The molecule has 1 aliphatic rings. The van der Waals surface area contributed by atoms with Gasteiger partial charge in [-0.15, -0.1) is 0 Å². The summed E-state index contributed by atoms with van der Waals surface area (Å²) in [6, 6.07) is 0. The first-order valence-electron chi connectivity index (χ1n) is 3.18. The highest BCUT2D eigenvalue weighted by atomic mass is 32.1. The van der Waals surface area contributed by atoms with Crippen LogP contribution in [-0.2, 0) is 13.1 Å². The summed E-state index contributed by atoms with van der Waals surface area (Å²) in [5.41, 5.74) is 0. The molecular weight excluding hydrogens is 188 g/mol. The highest BCUT2D eigenvalue weighted by molar-refractivity contribution is 7.75. The van der Waals surface area contributed by atoms with E-state index in [1.54, 1.807) is 0 Å². The van der Waals surface area contributed by atoms with Crippen LogP contribution in [0.5, 0.6) is 0 Å². The summed E-state index contributed by atoms with van der Waals surface area (Å²) in [5.74, 6) is 0. The highest BCUT2D eigenvalue weighted by Crippen LogP contribution is 2.22. The van der Waals surface area contributed by atoms with Crippen LogP contribution in [0.1, 0.15) is 6.42 Å². The predicted molar refractivity (Wildman–Crippen MR) is 44.3 cm³/mol. The standard InChI is InChI=1S/C5H10O4S2/c6-5-1-3(9-11)4(8-5)2-7-10/h3-6,10-11H,1-2H2. The van der Waals surface area contributed by atoms with E-state index in [0.717, 1.165) is 0 Å². The average Bonchev–Trinajstić information content (AvgIpc) is 2.32. The zero-order valence-electron chi connectivity index (χ0n) is 5.71. The Hall–Kier alpha value is 0.540. The van der Waals surface area contributed by atoms with E-state index in [1.165, 1.54) is 0 Å². The SMILES string of the molecule is OC1CC(OS)C(COS)O1. The summed E-state index contributed by atoms with van der Waals surface area (Å²) in [7, 11) is 0. The molecule has 0 aromatic carbocycles. The Balaban J connectivity index is 2.37. The summed E-state index contributed by atoms with van der Waals surface area (Å²) in [6.07, 6.45) is -0.855. The highest BCUT2D eigenvalue weighted by Gasteiger charge is 2.34. The molecule has 0 spiro atoms. The summed E-state index contributed by atoms with van der Waals surface area (Å²) < 4.78 is 14.3. The second kappa shape index (κ2) is 4.54. The molecule has 66 valence electrons. The third-order valence-corrected chi connectivity index (χ3v) is 1.97. The summed E-state index contributed by atoms with van der Waals surface area (Å²) in [5, 5.41) is 9.01. The summed E-state index contributed by atoms with van der Waals surface area (Å²) in [4.78, 5) is 0. The van der Waals surface area contributed by atoms with E-state index in [1.807, 2.05) is 0 Å². The Morgan fingerprint density at radius 2 is 2.27 bits per heavy atom. The lowest BCUT2D eigenvalue weighted by Gasteiger charge is -2.13. The topological polar surface area (TPSA) is 47.9 Å². The van der Waals surface area contributed by atoms with E-state index in [0.29, 0.717) is 6.42 Å². The quantitative estimate of drug-likeness (QED) is 0.447. The van der Waals surface area contributed by atoms with E-state index in [-0.39, 0.29) is 18.8 Å². The van der Waals surface area contributed by atoms with Crippen molar-refractivity contribution in [2.75, 3.05) is 6.61 Å². The zero-order chi connectivity index (χ0) is 8.27. The number of rotatable bonds is 3. The van der Waals surface area contributed by atoms with Crippen molar-refractivity contribution in [1.82, 2.24) is 0 Å². The number of aliphatic hydroxyl groups excluding tert-OH is 1. The van der Waals surface area contributed by atoms with Crippen LogP contribution in [0.3, 0.4) is 0 Å². The largest absolute Gasteiger partial charge is 0.368 e. The number of thiol groups is 2. The van der Waals surface area contributed by atoms with Gasteiger partial charge < -0.3 is 18.2 Å². The molecule has 0 aromatic heterocycles. The van der Waals surface area contributed by atoms with Gasteiger partial charge in [0, 0.05) is 6.42 Å². The Kier molecular flexibility index (Phi) is 3.97. The van der Waals surface area contributed by atoms with Crippen molar-refractivity contribution in [1.29, 1.82) is 0 Å². The fourth-order valence-electron chi connectivity index (χ4n) is 1.03. The van der Waals surface area contributed by atoms with Crippen molar-refractivity contribution in [3.05, 3.63) is 0 Å². The monoisotopic (exact) mass is 198 g/mol. The molecular formula is C5H10O4S2. The Morgan fingerprint density at radius 1 is 1.55 bits per heavy atom. The van der Waals surface area contributed by atoms with Crippen LogP contribution >= 0.6 is 25.8 Å². The van der Waals surface area contributed by atoms with E-state index < -0.39 is 6.29 Å². The smallest absolute Gasteiger partial charge is 0.157 e. The minimum atomic E-state index is -0.777. The summed E-state index contributed by atoms with van der Waals surface area (Å²) >= 11 is 7.20. The number of ether oxygens (including phenoxy) is 1. The second-order valence-electron chi connectivity index (χ2n) is 2.30. The molecule has 0 radical (unpaired) electrons. The molecule has 3 atom stereocenters. The molecule has 0 amide bonds. The molecule has 6 heteroatoms. The minimum Gasteiger partial charge on any atom is -0.368 e. The zero-order valence-corrected chi connectivity index (χ0v) is 7.50. The lowest BCUT2D eigenvalue weighted by molar-refractivity contribution is -0.101. The summed E-state index contributed by atoms with van der Waals surface area (Å²) in [6.45, 7) is 0.283. The Bertz CT molecular complexity index is 123. The maximum Gasteiger partial charge on any atom is 0.157 e. The Morgan fingerprint density at radius 3 is 2.82 bits per heavy atom. The third-order valence-electron chi connectivity index (χ3n) is 1.55. The minimum absolute atomic E-state index is 0.222. The van der Waals surface area contributed by atoms with Crippen LogP contribution in [0.2, 0.25) is 0 Å². The van der Waals surface area contributed by atoms with Crippen molar-refractivity contribution < 1.29 is 18.2 Å². The van der Waals surface area contributed by atoms with Gasteiger partial charge in [-0.05, 0) is 25.8 Å². The first kappa shape index (κ1) is 9.63. The first-order chi connectivity index (χ1) is 5.27. The van der Waals surface area contributed by atoms with Gasteiger partial charge in [0.2, 0.25) is 0 Å². The molecule has 1 aliphatic heterocycles. The molecule has 1 N–H and O–H groups in total. The molecule has 3 unspecified atom stereocenters. The fourth-order valence-corrected chi connectivity index (χ4v) is 1.40. The molecule has 1 rings (SSSR count). The van der Waals surface area contributed by atoms with Crippen molar-refractivity contribution in [2.45, 2.75) is 24.9 Å². The second-order valence-corrected chi connectivity index (χ2v) is 2.77. The van der Waals surface area contributed by atoms with Crippen molar-refractivity contribution in [2.24, 2.45) is 0 Å². The predicted octanol–water partition coefficient (Wildman–Crippen LogP) is 0.185. The lowest BCUT2D eigenvalue weighted by Crippen LogP contribution is -2.25. The van der Waals surface area contributed by atoms with Gasteiger partial charge >= 0.3 is 0 Å². The van der Waals surface area contributed by atoms with Gasteiger partial charge in [-0.3, -0.25) is 0 Å². The van der Waals surface area contributed by atoms with Gasteiger partial charge in [0.1, 0.15) is 12.2 Å². The van der Waals surface area contributed by atoms with Crippen molar-refractivity contribution in [3.8, 4) is 0 Å². The molecule has 1 fully saturated rings. The molecule has 11 heavy (non-hydrogen) atoms. The number of hydrogen-bond acceptors (Lipinski definition) is 6. The van der Waals surface area contributed by atoms with Crippen LogP contribution in [-0.4, -0.2) is 30.2 Å². The normalized spacial score (nSPS) is 37.9. The van der Waals surface area contributed by atoms with Crippen molar-refractivity contribution >= 4 is 25.8 Å². The maximum absolute atomic E-state index is 9.01. The van der Waals surface area contributed by atoms with E-state index >= 15 is 0 Å². The van der Waals surface area contributed by atoms with Gasteiger partial charge in [-0.1, -0.05) is 0 Å². The average molecular weight is 198 g/mol. The third kappa shape index (κ3) is 2.50. The van der Waals surface area contributed by atoms with Crippen molar-refractivity contribution in [3.63, 3.8) is 0 Å². The molecule has 0 bridgehead atoms. The first-order valence-corrected chi connectivity index (χ1v) is 3.91. The fraction of sp³-hybridized carbons (Fsp3) is 1.00. The van der Waals surface area contributed by atoms with Gasteiger partial charge in [-0.2, -0.15) is 0 Å². The van der Waals surface area contributed by atoms with E-state index in [9.17, 15) is 0 Å². The van der Waals surface area contributed by atoms with Crippen LogP contribution < -0.4 is 0 Å². The van der Waals surface area contributed by atoms with Gasteiger partial charge in [0.05, 0.1) is 6.61 Å². The molecule has 0 aliphatic carbocycles. The van der Waals surface area contributed by atoms with Gasteiger partial charge in [-0.25, -0.2) is 0 Å². The van der Waals surface area contributed by atoms with Crippen LogP contribution in [0.25, 0.3) is 0 Å². The molecule has 4 nitrogen and oxygen atoms in total. The van der Waals surface area contributed by atoms with Gasteiger partial charge in [0.15, 0.2) is 6.29 Å². The lowest BCUT2D eigenvalue weighted by atomic mass is 10.2. The number of aliphatic hydroxyl groups is 1. The molecule has 0 aromatic rings. The van der Waals surface area contributed by atoms with Gasteiger partial charge in [0.25, 0.3) is 0 Å². The molecule has 1 saturated heterocycles. The molecule has 1 heterocycles.